The van der Waals surface area contributed by atoms with Crippen molar-refractivity contribution < 1.29 is 19.2 Å². The van der Waals surface area contributed by atoms with Gasteiger partial charge in [-0.1, -0.05) is 13.8 Å². The van der Waals surface area contributed by atoms with Crippen LogP contribution in [-0.2, 0) is 0 Å². The van der Waals surface area contributed by atoms with Crippen molar-refractivity contribution in [2.24, 2.45) is 0 Å². The zero-order chi connectivity index (χ0) is 15.0. The summed E-state index contributed by atoms with van der Waals surface area (Å²) in [5.74, 6) is -2.27. The Balaban J connectivity index is 2.90. The minimum Gasteiger partial charge on any atom is -0.478 e. The van der Waals surface area contributed by atoms with Gasteiger partial charge in [-0.05, 0) is 12.0 Å². The van der Waals surface area contributed by atoms with Crippen LogP contribution in [0.15, 0.2) is 18.2 Å². The Morgan fingerprint density at radius 3 is 2.55 bits per heavy atom. The van der Waals surface area contributed by atoms with Gasteiger partial charge in [0.25, 0.3) is 5.69 Å². The quantitative estimate of drug-likeness (QED) is 0.687. The third-order valence-electron chi connectivity index (χ3n) is 2.90. The number of non-ortho nitro benzene ring substituents is 1. The highest BCUT2D eigenvalue weighted by Gasteiger charge is 2.20. The van der Waals surface area contributed by atoms with Gasteiger partial charge in [0, 0.05) is 17.1 Å². The zero-order valence-electron chi connectivity index (χ0n) is 10.8. The van der Waals surface area contributed by atoms with Crippen LogP contribution in [0.4, 0.5) is 10.1 Å². The molecule has 0 aliphatic rings. The van der Waals surface area contributed by atoms with Gasteiger partial charge in [-0.2, -0.15) is 0 Å². The summed E-state index contributed by atoms with van der Waals surface area (Å²) in [7, 11) is 0. The van der Waals surface area contributed by atoms with Crippen LogP contribution in [-0.4, -0.2) is 21.0 Å². The first-order chi connectivity index (χ1) is 9.31. The maximum atomic E-state index is 13.9. The number of aromatic nitrogens is 1. The molecule has 7 heteroatoms. The predicted octanol–water partition coefficient (Wildman–Crippen LogP) is 3.10. The minimum absolute atomic E-state index is 0.0754. The molecule has 1 aromatic heterocycles. The van der Waals surface area contributed by atoms with Gasteiger partial charge in [0.05, 0.1) is 16.6 Å². The van der Waals surface area contributed by atoms with Gasteiger partial charge < -0.3 is 5.11 Å². The number of carboxylic acids is 1. The van der Waals surface area contributed by atoms with Gasteiger partial charge in [-0.25, -0.2) is 14.2 Å². The number of hydrogen-bond acceptors (Lipinski definition) is 4. The van der Waals surface area contributed by atoms with Crippen LogP contribution in [0.25, 0.3) is 10.9 Å². The topological polar surface area (TPSA) is 93.3 Å². The van der Waals surface area contributed by atoms with Crippen LogP contribution in [0.1, 0.15) is 35.8 Å². The Labute approximate surface area is 113 Å². The van der Waals surface area contributed by atoms with Crippen molar-refractivity contribution in [3.8, 4) is 0 Å². The second kappa shape index (κ2) is 4.84. The molecular formula is C13H11FN2O4. The highest BCUT2D eigenvalue weighted by Crippen LogP contribution is 2.28. The van der Waals surface area contributed by atoms with Gasteiger partial charge in [0.2, 0.25) is 0 Å². The van der Waals surface area contributed by atoms with Gasteiger partial charge in [-0.3, -0.25) is 10.1 Å². The minimum atomic E-state index is -1.28. The molecule has 0 amide bonds. The molecule has 2 aromatic rings. The van der Waals surface area contributed by atoms with Crippen molar-refractivity contribution in [1.29, 1.82) is 0 Å². The number of fused-ring (bicyclic) bond motifs is 1. The summed E-state index contributed by atoms with van der Waals surface area (Å²) in [5.41, 5.74) is -0.445. The van der Waals surface area contributed by atoms with Crippen molar-refractivity contribution >= 4 is 22.6 Å². The Kier molecular flexibility index (Phi) is 3.35. The van der Waals surface area contributed by atoms with E-state index in [1.165, 1.54) is 6.07 Å². The average molecular weight is 278 g/mol. The third-order valence-corrected chi connectivity index (χ3v) is 2.90. The molecule has 20 heavy (non-hydrogen) atoms. The highest BCUT2D eigenvalue weighted by molar-refractivity contribution is 6.03. The lowest BCUT2D eigenvalue weighted by atomic mass is 10.0. The van der Waals surface area contributed by atoms with Crippen LogP contribution in [0, 0.1) is 15.9 Å². The molecule has 0 saturated heterocycles. The van der Waals surface area contributed by atoms with Crippen molar-refractivity contribution in [2.75, 3.05) is 0 Å². The molecule has 1 heterocycles. The number of aromatic carboxylic acids is 1. The van der Waals surface area contributed by atoms with Gasteiger partial charge in [-0.15, -0.1) is 0 Å². The lowest BCUT2D eigenvalue weighted by Crippen LogP contribution is -2.05. The second-order valence-electron chi connectivity index (χ2n) is 4.64. The Morgan fingerprint density at radius 1 is 1.40 bits per heavy atom. The number of nitro benzene ring substituents is 1. The largest absolute Gasteiger partial charge is 0.478 e. The number of benzene rings is 1. The molecule has 0 saturated carbocycles. The number of carbonyl (C=O) groups is 1. The summed E-state index contributed by atoms with van der Waals surface area (Å²) >= 11 is 0. The maximum absolute atomic E-state index is 13.9. The standard InChI is InChI=1S/C13H11FN2O4/c1-6(2)11-5-9(13(17)18)8-3-7(16(19)20)4-10(14)12(8)15-11/h3-6H,1-2H3,(H,17,18). The molecular weight excluding hydrogens is 267 g/mol. The highest BCUT2D eigenvalue weighted by atomic mass is 19.1. The average Bonchev–Trinajstić information content (AvgIpc) is 2.36. The normalized spacial score (nSPS) is 11.0. The molecule has 1 N–H and O–H groups in total. The first-order valence-electron chi connectivity index (χ1n) is 5.83. The van der Waals surface area contributed by atoms with E-state index < -0.39 is 22.4 Å². The number of pyridine rings is 1. The molecule has 2 rings (SSSR count). The molecule has 0 radical (unpaired) electrons. The maximum Gasteiger partial charge on any atom is 0.336 e. The molecule has 1 aromatic carbocycles. The number of halogens is 1. The molecule has 0 unspecified atom stereocenters. The smallest absolute Gasteiger partial charge is 0.336 e. The van der Waals surface area contributed by atoms with E-state index in [1.807, 2.05) is 0 Å². The molecule has 0 aliphatic heterocycles. The van der Waals surface area contributed by atoms with E-state index in [2.05, 4.69) is 4.98 Å². The molecule has 0 fully saturated rings. The summed E-state index contributed by atoms with van der Waals surface area (Å²) in [6.45, 7) is 3.59. The number of nitro groups is 1. The van der Waals surface area contributed by atoms with Crippen molar-refractivity contribution in [3.63, 3.8) is 0 Å². The SMILES string of the molecule is CC(C)c1cc(C(=O)O)c2cc([N+](=O)[O-])cc(F)c2n1. The lowest BCUT2D eigenvalue weighted by molar-refractivity contribution is -0.384. The van der Waals surface area contributed by atoms with Crippen LogP contribution < -0.4 is 0 Å². The van der Waals surface area contributed by atoms with Crippen LogP contribution in [0.5, 0.6) is 0 Å². The summed E-state index contributed by atoms with van der Waals surface area (Å²) in [6.07, 6.45) is 0. The number of carboxylic acid groups (broad SMARTS) is 1. The van der Waals surface area contributed by atoms with Crippen molar-refractivity contribution in [3.05, 3.63) is 45.4 Å². The fraction of sp³-hybridized carbons (Fsp3) is 0.231. The molecule has 0 atom stereocenters. The first-order valence-corrected chi connectivity index (χ1v) is 5.83. The van der Waals surface area contributed by atoms with Crippen molar-refractivity contribution in [2.45, 2.75) is 19.8 Å². The van der Waals surface area contributed by atoms with Crippen molar-refractivity contribution in [1.82, 2.24) is 4.98 Å². The van der Waals surface area contributed by atoms with E-state index in [0.29, 0.717) is 5.69 Å². The summed E-state index contributed by atoms with van der Waals surface area (Å²) in [4.78, 5) is 25.3. The van der Waals surface area contributed by atoms with Gasteiger partial charge >= 0.3 is 5.97 Å². The molecule has 0 aliphatic carbocycles. The van der Waals surface area contributed by atoms with Gasteiger partial charge in [0.1, 0.15) is 5.52 Å². The van der Waals surface area contributed by atoms with Crippen LogP contribution in [0.3, 0.4) is 0 Å². The van der Waals surface area contributed by atoms with E-state index in [0.717, 1.165) is 12.1 Å². The summed E-state index contributed by atoms with van der Waals surface area (Å²) < 4.78 is 13.9. The van der Waals surface area contributed by atoms with E-state index in [-0.39, 0.29) is 22.4 Å². The monoisotopic (exact) mass is 278 g/mol. The van der Waals surface area contributed by atoms with E-state index in [1.54, 1.807) is 13.8 Å². The summed E-state index contributed by atoms with van der Waals surface area (Å²) in [6, 6.07) is 3.09. The third kappa shape index (κ3) is 2.29. The molecule has 0 bridgehead atoms. The van der Waals surface area contributed by atoms with Crippen LogP contribution in [0.2, 0.25) is 0 Å². The Morgan fingerprint density at radius 2 is 2.05 bits per heavy atom. The number of rotatable bonds is 3. The number of hydrogen-bond donors (Lipinski definition) is 1. The fourth-order valence-corrected chi connectivity index (χ4v) is 1.87. The molecule has 6 nitrogen and oxygen atoms in total. The van der Waals surface area contributed by atoms with Gasteiger partial charge in [0.15, 0.2) is 5.82 Å². The fourth-order valence-electron chi connectivity index (χ4n) is 1.87. The first kappa shape index (κ1) is 13.9. The zero-order valence-corrected chi connectivity index (χ0v) is 10.8. The number of nitrogens with zero attached hydrogens (tertiary/aromatic N) is 2. The predicted molar refractivity (Wildman–Crippen MR) is 69.4 cm³/mol. The van der Waals surface area contributed by atoms with E-state index >= 15 is 0 Å². The van der Waals surface area contributed by atoms with E-state index in [9.17, 15) is 24.4 Å². The second-order valence-corrected chi connectivity index (χ2v) is 4.64. The van der Waals surface area contributed by atoms with Crippen LogP contribution >= 0.6 is 0 Å². The van der Waals surface area contributed by atoms with E-state index in [4.69, 9.17) is 0 Å². The Hall–Kier alpha value is -2.57. The Bertz CT molecular complexity index is 728. The molecule has 104 valence electrons. The molecule has 0 spiro atoms. The lowest BCUT2D eigenvalue weighted by Gasteiger charge is -2.09. The summed E-state index contributed by atoms with van der Waals surface area (Å²) in [5, 5.41) is 19.8.